The Morgan fingerprint density at radius 3 is 2.73 bits per heavy atom. The normalized spacial score (nSPS) is 12.9. The molecule has 2 aromatic carbocycles. The molecule has 0 aliphatic heterocycles. The van der Waals surface area contributed by atoms with Crippen molar-refractivity contribution in [2.24, 2.45) is 0 Å². The van der Waals surface area contributed by atoms with Gasteiger partial charge in [0.25, 0.3) is 0 Å². The fraction of sp³-hybridized carbons (Fsp3) is 0.176. The molecule has 2 aromatic rings. The number of ether oxygens (including phenoxy) is 1. The van der Waals surface area contributed by atoms with E-state index in [0.717, 1.165) is 11.1 Å². The van der Waals surface area contributed by atoms with E-state index in [-0.39, 0.29) is 12.4 Å². The maximum Gasteiger partial charge on any atom is 0.412 e. The molecule has 0 atom stereocenters. The molecule has 0 spiro atoms. The monoisotopic (exact) mass is 315 g/mol. The van der Waals surface area contributed by atoms with E-state index in [2.05, 4.69) is 5.32 Å². The highest BCUT2D eigenvalue weighted by molar-refractivity contribution is 6.34. The van der Waals surface area contributed by atoms with Gasteiger partial charge in [-0.2, -0.15) is 0 Å². The van der Waals surface area contributed by atoms with Gasteiger partial charge in [0.05, 0.1) is 10.7 Å². The minimum Gasteiger partial charge on any atom is -0.444 e. The molecule has 1 aliphatic rings. The van der Waals surface area contributed by atoms with Gasteiger partial charge in [0.15, 0.2) is 5.78 Å². The second-order valence-electron chi connectivity index (χ2n) is 5.10. The Kier molecular flexibility index (Phi) is 4.11. The van der Waals surface area contributed by atoms with Crippen LogP contribution in [0.25, 0.3) is 0 Å². The van der Waals surface area contributed by atoms with Crippen molar-refractivity contribution in [1.29, 1.82) is 0 Å². The third kappa shape index (κ3) is 3.12. The molecule has 0 fully saturated rings. The van der Waals surface area contributed by atoms with Gasteiger partial charge in [0.1, 0.15) is 6.61 Å². The fourth-order valence-electron chi connectivity index (χ4n) is 2.43. The van der Waals surface area contributed by atoms with Gasteiger partial charge in [0, 0.05) is 12.0 Å². The van der Waals surface area contributed by atoms with Crippen LogP contribution >= 0.6 is 11.6 Å². The largest absolute Gasteiger partial charge is 0.444 e. The first-order chi connectivity index (χ1) is 10.6. The molecule has 0 bridgehead atoms. The van der Waals surface area contributed by atoms with E-state index < -0.39 is 6.09 Å². The van der Waals surface area contributed by atoms with E-state index in [1.54, 1.807) is 12.1 Å². The van der Waals surface area contributed by atoms with Crippen LogP contribution in [0.4, 0.5) is 10.5 Å². The second kappa shape index (κ2) is 6.20. The number of ketones is 1. The zero-order valence-corrected chi connectivity index (χ0v) is 12.5. The zero-order chi connectivity index (χ0) is 15.5. The summed E-state index contributed by atoms with van der Waals surface area (Å²) >= 11 is 6.14. The molecule has 1 amide bonds. The number of nitrogens with one attached hydrogen (secondary N) is 1. The SMILES string of the molecule is O=C(Nc1cc2c(cc1Cl)CCC2=O)OCc1ccccc1. The molecular weight excluding hydrogens is 302 g/mol. The van der Waals surface area contributed by atoms with E-state index >= 15 is 0 Å². The Bertz CT molecular complexity index is 728. The summed E-state index contributed by atoms with van der Waals surface area (Å²) in [5, 5.41) is 2.99. The number of rotatable bonds is 3. The lowest BCUT2D eigenvalue weighted by molar-refractivity contribution is 0.0994. The minimum atomic E-state index is -0.601. The summed E-state index contributed by atoms with van der Waals surface area (Å²) in [5.41, 5.74) is 2.85. The van der Waals surface area contributed by atoms with Gasteiger partial charge < -0.3 is 4.74 Å². The number of halogens is 1. The smallest absolute Gasteiger partial charge is 0.412 e. The topological polar surface area (TPSA) is 55.4 Å². The van der Waals surface area contributed by atoms with Crippen LogP contribution in [0.2, 0.25) is 5.02 Å². The van der Waals surface area contributed by atoms with Crippen LogP contribution in [0.15, 0.2) is 42.5 Å². The van der Waals surface area contributed by atoms with Crippen molar-refractivity contribution in [3.05, 3.63) is 64.2 Å². The molecule has 4 nitrogen and oxygen atoms in total. The van der Waals surface area contributed by atoms with E-state index in [0.29, 0.717) is 29.1 Å². The molecule has 0 aromatic heterocycles. The van der Waals surface area contributed by atoms with Crippen molar-refractivity contribution < 1.29 is 14.3 Å². The summed E-state index contributed by atoms with van der Waals surface area (Å²) in [6, 6.07) is 12.7. The molecule has 0 radical (unpaired) electrons. The number of aryl methyl sites for hydroxylation is 1. The van der Waals surface area contributed by atoms with Crippen LogP contribution in [0.5, 0.6) is 0 Å². The molecule has 1 N–H and O–H groups in total. The molecule has 0 saturated heterocycles. The van der Waals surface area contributed by atoms with Crippen LogP contribution in [0.3, 0.4) is 0 Å². The maximum absolute atomic E-state index is 11.8. The number of amides is 1. The van der Waals surface area contributed by atoms with Crippen molar-refractivity contribution in [3.63, 3.8) is 0 Å². The van der Waals surface area contributed by atoms with Gasteiger partial charge in [-0.05, 0) is 29.7 Å². The number of hydrogen-bond donors (Lipinski definition) is 1. The average molecular weight is 316 g/mol. The van der Waals surface area contributed by atoms with Gasteiger partial charge in [-0.1, -0.05) is 41.9 Å². The Balaban J connectivity index is 1.67. The van der Waals surface area contributed by atoms with Crippen LogP contribution in [0.1, 0.15) is 27.9 Å². The third-order valence-electron chi connectivity index (χ3n) is 3.56. The quantitative estimate of drug-likeness (QED) is 0.922. The van der Waals surface area contributed by atoms with Crippen molar-refractivity contribution in [1.82, 2.24) is 0 Å². The van der Waals surface area contributed by atoms with Gasteiger partial charge >= 0.3 is 6.09 Å². The summed E-state index contributed by atoms with van der Waals surface area (Å²) in [5.74, 6) is 0.0763. The Labute approximate surface area is 133 Å². The van der Waals surface area contributed by atoms with Gasteiger partial charge in [0.2, 0.25) is 0 Å². The fourth-order valence-corrected chi connectivity index (χ4v) is 2.66. The van der Waals surface area contributed by atoms with E-state index in [4.69, 9.17) is 16.3 Å². The summed E-state index contributed by atoms with van der Waals surface area (Å²) in [6.07, 6.45) is 0.594. The predicted molar refractivity (Wildman–Crippen MR) is 84.4 cm³/mol. The summed E-state index contributed by atoms with van der Waals surface area (Å²) < 4.78 is 5.14. The molecule has 3 rings (SSSR count). The lowest BCUT2D eigenvalue weighted by Gasteiger charge is -2.10. The van der Waals surface area contributed by atoms with E-state index in [1.807, 2.05) is 30.3 Å². The Morgan fingerprint density at radius 1 is 1.18 bits per heavy atom. The zero-order valence-electron chi connectivity index (χ0n) is 11.8. The molecule has 22 heavy (non-hydrogen) atoms. The number of anilines is 1. The van der Waals surface area contributed by atoms with Gasteiger partial charge in [-0.3, -0.25) is 10.1 Å². The molecule has 112 valence electrons. The highest BCUT2D eigenvalue weighted by atomic mass is 35.5. The molecular formula is C17H14ClNO3. The molecule has 0 saturated carbocycles. The maximum atomic E-state index is 11.8. The van der Waals surface area contributed by atoms with Crippen molar-refractivity contribution in [2.75, 3.05) is 5.32 Å². The molecule has 1 aliphatic carbocycles. The lowest BCUT2D eigenvalue weighted by Crippen LogP contribution is -2.14. The number of fused-ring (bicyclic) bond motifs is 1. The van der Waals surface area contributed by atoms with E-state index in [9.17, 15) is 9.59 Å². The lowest BCUT2D eigenvalue weighted by atomic mass is 10.1. The van der Waals surface area contributed by atoms with Gasteiger partial charge in [-0.15, -0.1) is 0 Å². The summed E-state index contributed by atoms with van der Waals surface area (Å²) in [7, 11) is 0. The summed E-state index contributed by atoms with van der Waals surface area (Å²) in [6.45, 7) is 0.175. The minimum absolute atomic E-state index is 0.0763. The first-order valence-corrected chi connectivity index (χ1v) is 7.34. The Morgan fingerprint density at radius 2 is 1.95 bits per heavy atom. The van der Waals surface area contributed by atoms with E-state index in [1.165, 1.54) is 0 Å². The third-order valence-corrected chi connectivity index (χ3v) is 3.88. The predicted octanol–water partition coefficient (Wildman–Crippen LogP) is 4.22. The Hall–Kier alpha value is -2.33. The number of carbonyl (C=O) groups is 2. The van der Waals surface area contributed by atoms with Crippen molar-refractivity contribution in [3.8, 4) is 0 Å². The standard InChI is InChI=1S/C17H14ClNO3/c18-14-8-12-6-7-16(20)13(12)9-15(14)19-17(21)22-10-11-4-2-1-3-5-11/h1-5,8-9H,6-7,10H2,(H,19,21). The molecule has 0 heterocycles. The highest BCUT2D eigenvalue weighted by Gasteiger charge is 2.22. The van der Waals surface area contributed by atoms with Crippen molar-refractivity contribution >= 4 is 29.2 Å². The van der Waals surface area contributed by atoms with Crippen LogP contribution in [-0.2, 0) is 17.8 Å². The van der Waals surface area contributed by atoms with Gasteiger partial charge in [-0.25, -0.2) is 4.79 Å². The number of carbonyl (C=O) groups excluding carboxylic acids is 2. The average Bonchev–Trinajstić information content (AvgIpc) is 2.87. The first-order valence-electron chi connectivity index (χ1n) is 6.97. The highest BCUT2D eigenvalue weighted by Crippen LogP contribution is 2.31. The molecule has 5 heteroatoms. The van der Waals surface area contributed by atoms with Crippen LogP contribution < -0.4 is 5.32 Å². The van der Waals surface area contributed by atoms with Crippen LogP contribution in [0, 0.1) is 0 Å². The van der Waals surface area contributed by atoms with Crippen molar-refractivity contribution in [2.45, 2.75) is 19.4 Å². The number of hydrogen-bond acceptors (Lipinski definition) is 3. The second-order valence-corrected chi connectivity index (χ2v) is 5.51. The number of Topliss-reactive ketones (excluding diaryl/α,β-unsaturated/α-hetero) is 1. The summed E-state index contributed by atoms with van der Waals surface area (Å²) in [4.78, 5) is 23.6. The van der Waals surface area contributed by atoms with Crippen LogP contribution in [-0.4, -0.2) is 11.9 Å². The first kappa shape index (κ1) is 14.6. The molecule has 0 unspecified atom stereocenters. The number of benzene rings is 2.